The van der Waals surface area contributed by atoms with Gasteiger partial charge in [0, 0.05) is 16.8 Å². The summed E-state index contributed by atoms with van der Waals surface area (Å²) in [5.74, 6) is 0. The molecule has 0 aliphatic rings. The van der Waals surface area contributed by atoms with Crippen molar-refractivity contribution in [2.45, 2.75) is 0 Å². The molecule has 0 aromatic carbocycles. The van der Waals surface area contributed by atoms with Gasteiger partial charge in [-0.1, -0.05) is 0 Å². The molecule has 0 atom stereocenters. The first-order valence-corrected chi connectivity index (χ1v) is 0. The molecule has 0 heterocycles. The Morgan fingerprint density at radius 1 is 0.273 bits per heavy atom. The minimum Gasteiger partial charge on any atom is -2.00 e. The van der Waals surface area contributed by atoms with E-state index >= 15 is 0 Å². The van der Waals surface area contributed by atoms with Crippen LogP contribution in [0, 0.1) is 0 Å². The molecular formula is B2O6Zn3-6. The van der Waals surface area contributed by atoms with Crippen molar-refractivity contribution in [2.24, 2.45) is 0 Å². The van der Waals surface area contributed by atoms with Gasteiger partial charge in [0.2, 0.25) is 0 Å². The molecule has 0 rings (SSSR count). The van der Waals surface area contributed by atoms with E-state index in [1.165, 1.54) is 0 Å². The van der Waals surface area contributed by atoms with Gasteiger partial charge in [0.1, 0.15) is 0 Å². The van der Waals surface area contributed by atoms with Gasteiger partial charge in [0.15, 0.2) is 0 Å². The Morgan fingerprint density at radius 2 is 0.273 bits per heavy atom. The van der Waals surface area contributed by atoms with Crippen molar-refractivity contribution in [3.8, 4) is 0 Å². The predicted molar refractivity (Wildman–Crippen MR) is 15.6 cm³/mol. The molecule has 0 aromatic rings. The molecule has 0 bridgehead atoms. The van der Waals surface area contributed by atoms with E-state index < -0.39 is 0 Å². The van der Waals surface area contributed by atoms with Crippen LogP contribution in [0.5, 0.6) is 0 Å². The Hall–Kier alpha value is 1.76. The summed E-state index contributed by atoms with van der Waals surface area (Å²) in [6, 6.07) is 0. The van der Waals surface area contributed by atoms with E-state index in [0.717, 1.165) is 0 Å². The summed E-state index contributed by atoms with van der Waals surface area (Å²) in [5, 5.41) is 0. The van der Waals surface area contributed by atoms with Gasteiger partial charge in [0.25, 0.3) is 0 Å². The van der Waals surface area contributed by atoms with E-state index in [0.29, 0.717) is 0 Å². The number of hydrogen-bond donors (Lipinski definition) is 0. The van der Waals surface area contributed by atoms with Gasteiger partial charge in [-0.2, -0.15) is 0 Å². The quantitative estimate of drug-likeness (QED) is 0.475. The third kappa shape index (κ3) is 362. The average Bonchev–Trinajstić information content (AvgIpc) is 0. The normalized spacial score (nSPS) is 0. The van der Waals surface area contributed by atoms with Crippen LogP contribution in [0.25, 0.3) is 0 Å². The summed E-state index contributed by atoms with van der Waals surface area (Å²) in [7, 11) is 0. The van der Waals surface area contributed by atoms with Gasteiger partial charge in [-0.15, -0.1) is 0 Å². The second-order valence-electron chi connectivity index (χ2n) is 0. The SMILES string of the molecule is [B].[B].[O-2].[O-2].[O-2].[O-2].[O-2].[O-2].[Zn+2].[Zn+2].[Zn+2]. The third-order valence-corrected chi connectivity index (χ3v) is 0. The van der Waals surface area contributed by atoms with Crippen molar-refractivity contribution in [2.75, 3.05) is 0 Å². The van der Waals surface area contributed by atoms with Crippen LogP contribution in [-0.4, -0.2) is 16.8 Å². The van der Waals surface area contributed by atoms with Gasteiger partial charge in [0.05, 0.1) is 0 Å². The summed E-state index contributed by atoms with van der Waals surface area (Å²) in [5.41, 5.74) is 0. The van der Waals surface area contributed by atoms with E-state index in [1.807, 2.05) is 0 Å². The van der Waals surface area contributed by atoms with Crippen LogP contribution in [0.15, 0.2) is 0 Å². The van der Waals surface area contributed by atoms with E-state index in [-0.39, 0.29) is 108 Å². The van der Waals surface area contributed by atoms with Crippen LogP contribution in [0.4, 0.5) is 0 Å². The van der Waals surface area contributed by atoms with Crippen molar-refractivity contribution < 1.29 is 91.3 Å². The second kappa shape index (κ2) is 440. The zero-order chi connectivity index (χ0) is 0. The molecule has 6 radical (unpaired) electrons. The Morgan fingerprint density at radius 3 is 0.273 bits per heavy atom. The van der Waals surface area contributed by atoms with Crippen LogP contribution >= 0.6 is 0 Å². The van der Waals surface area contributed by atoms with E-state index in [4.69, 9.17) is 0 Å². The molecule has 6 nitrogen and oxygen atoms in total. The topological polar surface area (TPSA) is 171 Å². The summed E-state index contributed by atoms with van der Waals surface area (Å²) in [4.78, 5) is 0. The monoisotopic (exact) mass is 310 g/mol. The standard InChI is InChI=1S/2B.6O.3Zn/q;;6*-2;3*+2. The van der Waals surface area contributed by atoms with Crippen molar-refractivity contribution in [1.29, 1.82) is 0 Å². The fourth-order valence-corrected chi connectivity index (χ4v) is 0. The number of rotatable bonds is 0. The van der Waals surface area contributed by atoms with Crippen LogP contribution in [-0.2, 0) is 91.3 Å². The van der Waals surface area contributed by atoms with Crippen molar-refractivity contribution in [3.63, 3.8) is 0 Å². The van der Waals surface area contributed by atoms with E-state index in [9.17, 15) is 0 Å². The zero-order valence-corrected chi connectivity index (χ0v) is 14.6. The molecule has 0 N–H and O–H groups in total. The summed E-state index contributed by atoms with van der Waals surface area (Å²) < 4.78 is 0. The third-order valence-electron chi connectivity index (χ3n) is 0. The maximum absolute atomic E-state index is 0. The molecule has 0 aliphatic carbocycles. The fourth-order valence-electron chi connectivity index (χ4n) is 0. The van der Waals surface area contributed by atoms with Gasteiger partial charge >= 0.3 is 58.4 Å². The van der Waals surface area contributed by atoms with Crippen LogP contribution in [0.1, 0.15) is 0 Å². The maximum Gasteiger partial charge on any atom is 2.00 e. The Balaban J connectivity index is 0. The summed E-state index contributed by atoms with van der Waals surface area (Å²) in [6.45, 7) is 0. The smallest absolute Gasteiger partial charge is 2.00 e. The first kappa shape index (κ1) is 570. The van der Waals surface area contributed by atoms with Gasteiger partial charge in [-0.3, -0.25) is 0 Å². The second-order valence-corrected chi connectivity index (χ2v) is 0. The molecule has 0 unspecified atom stereocenters. The first-order valence-electron chi connectivity index (χ1n) is 0. The van der Waals surface area contributed by atoms with Crippen molar-refractivity contribution in [3.05, 3.63) is 0 Å². The maximum atomic E-state index is 0. The largest absolute Gasteiger partial charge is 2.00 e. The minimum absolute atomic E-state index is 0. The zero-order valence-electron chi connectivity index (χ0n) is 5.73. The Bertz CT molecular complexity index is 15.8. The molecule has 54 valence electrons. The molecule has 0 amide bonds. The number of hydrogen-bond acceptors (Lipinski definition) is 0. The Kier molecular flexibility index (Phi) is 22800. The molecule has 0 aliphatic heterocycles. The van der Waals surface area contributed by atoms with Crippen molar-refractivity contribution >= 4 is 16.8 Å². The Labute approximate surface area is 108 Å². The van der Waals surface area contributed by atoms with Gasteiger partial charge < -0.3 is 32.9 Å². The van der Waals surface area contributed by atoms with E-state index in [1.54, 1.807) is 0 Å². The van der Waals surface area contributed by atoms with E-state index in [2.05, 4.69) is 0 Å². The van der Waals surface area contributed by atoms with Crippen LogP contribution < -0.4 is 0 Å². The molecule has 0 saturated heterocycles. The summed E-state index contributed by atoms with van der Waals surface area (Å²) in [6.07, 6.45) is 0. The molecule has 0 fully saturated rings. The molecular weight excluding hydrogens is 314 g/mol. The van der Waals surface area contributed by atoms with Gasteiger partial charge in [-0.25, -0.2) is 0 Å². The van der Waals surface area contributed by atoms with Gasteiger partial charge in [-0.05, 0) is 0 Å². The van der Waals surface area contributed by atoms with Crippen LogP contribution in [0.3, 0.4) is 0 Å². The van der Waals surface area contributed by atoms with Crippen molar-refractivity contribution in [1.82, 2.24) is 0 Å². The first-order chi connectivity index (χ1) is 0. The average molecular weight is 314 g/mol. The molecule has 11 heavy (non-hydrogen) atoms. The van der Waals surface area contributed by atoms with Crippen LogP contribution in [0.2, 0.25) is 0 Å². The molecule has 11 heteroatoms. The minimum atomic E-state index is 0. The molecule has 0 saturated carbocycles. The summed E-state index contributed by atoms with van der Waals surface area (Å²) >= 11 is 0. The fraction of sp³-hybridized carbons (Fsp3) is 0. The predicted octanol–water partition coefficient (Wildman–Crippen LogP) is -1.48. The molecule has 0 spiro atoms. The molecule has 0 aromatic heterocycles.